The SMILES string of the molecule is Cc1ccc(C)c(S(=O)(=O)NC[C@@H](C(C)C)N2CCOCC2)c1. The zero-order valence-corrected chi connectivity index (χ0v) is 15.3. The van der Waals surface area contributed by atoms with Crippen LogP contribution in [0.1, 0.15) is 25.0 Å². The summed E-state index contributed by atoms with van der Waals surface area (Å²) in [4.78, 5) is 2.70. The van der Waals surface area contributed by atoms with E-state index >= 15 is 0 Å². The first-order valence-electron chi connectivity index (χ1n) is 8.20. The van der Waals surface area contributed by atoms with E-state index < -0.39 is 10.0 Å². The fraction of sp³-hybridized carbons (Fsp3) is 0.647. The van der Waals surface area contributed by atoms with Gasteiger partial charge in [0, 0.05) is 25.7 Å². The molecule has 1 N–H and O–H groups in total. The molecule has 1 atom stereocenters. The van der Waals surface area contributed by atoms with Gasteiger partial charge in [-0.05, 0) is 37.0 Å². The third-order valence-electron chi connectivity index (χ3n) is 4.40. The second-order valence-electron chi connectivity index (χ2n) is 6.58. The molecular weight excluding hydrogens is 312 g/mol. The fourth-order valence-electron chi connectivity index (χ4n) is 2.97. The van der Waals surface area contributed by atoms with E-state index in [0.717, 1.165) is 24.2 Å². The Labute approximate surface area is 140 Å². The van der Waals surface area contributed by atoms with Gasteiger partial charge in [-0.1, -0.05) is 26.0 Å². The summed E-state index contributed by atoms with van der Waals surface area (Å²) in [6.07, 6.45) is 0. The van der Waals surface area contributed by atoms with E-state index in [1.807, 2.05) is 26.0 Å². The Morgan fingerprint density at radius 1 is 1.22 bits per heavy atom. The molecule has 23 heavy (non-hydrogen) atoms. The molecule has 1 aliphatic heterocycles. The van der Waals surface area contributed by atoms with Crippen molar-refractivity contribution >= 4 is 10.0 Å². The Kier molecular flexibility index (Phi) is 6.19. The number of rotatable bonds is 6. The molecule has 0 bridgehead atoms. The molecule has 1 saturated heterocycles. The van der Waals surface area contributed by atoms with Crippen LogP contribution in [0.15, 0.2) is 23.1 Å². The van der Waals surface area contributed by atoms with Gasteiger partial charge < -0.3 is 4.74 Å². The van der Waals surface area contributed by atoms with Crippen molar-refractivity contribution in [3.05, 3.63) is 29.3 Å². The van der Waals surface area contributed by atoms with Crippen molar-refractivity contribution in [2.75, 3.05) is 32.8 Å². The summed E-state index contributed by atoms with van der Waals surface area (Å²) >= 11 is 0. The zero-order chi connectivity index (χ0) is 17.0. The molecule has 0 unspecified atom stereocenters. The number of nitrogens with zero attached hydrogens (tertiary/aromatic N) is 1. The Morgan fingerprint density at radius 3 is 2.48 bits per heavy atom. The molecule has 2 rings (SSSR count). The second kappa shape index (κ2) is 7.75. The van der Waals surface area contributed by atoms with E-state index in [-0.39, 0.29) is 6.04 Å². The van der Waals surface area contributed by atoms with Crippen molar-refractivity contribution in [3.8, 4) is 0 Å². The van der Waals surface area contributed by atoms with Gasteiger partial charge in [-0.3, -0.25) is 4.90 Å². The quantitative estimate of drug-likeness (QED) is 0.860. The zero-order valence-electron chi connectivity index (χ0n) is 14.5. The van der Waals surface area contributed by atoms with Gasteiger partial charge in [0.05, 0.1) is 18.1 Å². The highest BCUT2D eigenvalue weighted by molar-refractivity contribution is 7.89. The van der Waals surface area contributed by atoms with Crippen LogP contribution in [0.5, 0.6) is 0 Å². The highest BCUT2D eigenvalue weighted by Crippen LogP contribution is 2.18. The summed E-state index contributed by atoms with van der Waals surface area (Å²) in [5, 5.41) is 0. The molecule has 1 aromatic carbocycles. The Morgan fingerprint density at radius 2 is 1.87 bits per heavy atom. The first kappa shape index (κ1) is 18.4. The summed E-state index contributed by atoms with van der Waals surface area (Å²) in [6, 6.07) is 5.69. The minimum Gasteiger partial charge on any atom is -0.379 e. The lowest BCUT2D eigenvalue weighted by Crippen LogP contribution is -2.51. The third-order valence-corrected chi connectivity index (χ3v) is 5.97. The molecule has 6 heteroatoms. The van der Waals surface area contributed by atoms with Crippen LogP contribution < -0.4 is 4.72 Å². The Balaban J connectivity index is 2.11. The van der Waals surface area contributed by atoms with Crippen molar-refractivity contribution in [1.82, 2.24) is 9.62 Å². The van der Waals surface area contributed by atoms with Gasteiger partial charge >= 0.3 is 0 Å². The maximum atomic E-state index is 12.7. The number of sulfonamides is 1. The lowest BCUT2D eigenvalue weighted by Gasteiger charge is -2.36. The molecule has 0 aromatic heterocycles. The lowest BCUT2D eigenvalue weighted by atomic mass is 10.0. The maximum Gasteiger partial charge on any atom is 0.240 e. The molecule has 1 aliphatic rings. The predicted octanol–water partition coefficient (Wildman–Crippen LogP) is 1.94. The average Bonchev–Trinajstić information content (AvgIpc) is 2.50. The molecule has 0 saturated carbocycles. The molecule has 5 nitrogen and oxygen atoms in total. The second-order valence-corrected chi connectivity index (χ2v) is 8.32. The normalized spacial score (nSPS) is 18.3. The Hall–Kier alpha value is -0.950. The van der Waals surface area contributed by atoms with Gasteiger partial charge in [0.15, 0.2) is 0 Å². The first-order valence-corrected chi connectivity index (χ1v) is 9.68. The third kappa shape index (κ3) is 4.76. The molecule has 0 spiro atoms. The van der Waals surface area contributed by atoms with Crippen LogP contribution in [-0.4, -0.2) is 52.2 Å². The van der Waals surface area contributed by atoms with Crippen LogP contribution in [0.25, 0.3) is 0 Å². The largest absolute Gasteiger partial charge is 0.379 e. The molecule has 0 radical (unpaired) electrons. The van der Waals surface area contributed by atoms with E-state index in [4.69, 9.17) is 4.74 Å². The van der Waals surface area contributed by atoms with Crippen molar-refractivity contribution in [1.29, 1.82) is 0 Å². The van der Waals surface area contributed by atoms with Crippen LogP contribution in [0.4, 0.5) is 0 Å². The van der Waals surface area contributed by atoms with Gasteiger partial charge in [-0.25, -0.2) is 13.1 Å². The smallest absolute Gasteiger partial charge is 0.240 e. The summed E-state index contributed by atoms with van der Waals surface area (Å²) in [6.45, 7) is 11.6. The maximum absolute atomic E-state index is 12.7. The number of benzene rings is 1. The van der Waals surface area contributed by atoms with E-state index in [1.54, 1.807) is 6.07 Å². The highest BCUT2D eigenvalue weighted by atomic mass is 32.2. The first-order chi connectivity index (χ1) is 10.8. The van der Waals surface area contributed by atoms with Gasteiger partial charge in [0.1, 0.15) is 0 Å². The number of nitrogens with one attached hydrogen (secondary N) is 1. The van der Waals surface area contributed by atoms with E-state index in [0.29, 0.717) is 30.6 Å². The molecular formula is C17H28N2O3S. The lowest BCUT2D eigenvalue weighted by molar-refractivity contribution is 0.00776. The van der Waals surface area contributed by atoms with E-state index in [1.165, 1.54) is 0 Å². The number of aryl methyl sites for hydroxylation is 2. The van der Waals surface area contributed by atoms with Crippen molar-refractivity contribution in [3.63, 3.8) is 0 Å². The van der Waals surface area contributed by atoms with E-state index in [9.17, 15) is 8.42 Å². The van der Waals surface area contributed by atoms with Gasteiger partial charge in [-0.2, -0.15) is 0 Å². The van der Waals surface area contributed by atoms with Crippen LogP contribution in [-0.2, 0) is 14.8 Å². The standard InChI is InChI=1S/C17H28N2O3S/c1-13(2)16(19-7-9-22-10-8-19)12-18-23(20,21)17-11-14(3)5-6-15(17)4/h5-6,11,13,16,18H,7-10,12H2,1-4H3/t16-/m0/s1. The van der Waals surface area contributed by atoms with Crippen LogP contribution >= 0.6 is 0 Å². The number of hydrogen-bond acceptors (Lipinski definition) is 4. The molecule has 0 amide bonds. The predicted molar refractivity (Wildman–Crippen MR) is 92.1 cm³/mol. The monoisotopic (exact) mass is 340 g/mol. The van der Waals surface area contributed by atoms with Gasteiger partial charge in [0.25, 0.3) is 0 Å². The van der Waals surface area contributed by atoms with Crippen molar-refractivity contribution in [2.45, 2.75) is 38.6 Å². The van der Waals surface area contributed by atoms with Crippen LogP contribution in [0, 0.1) is 19.8 Å². The highest BCUT2D eigenvalue weighted by Gasteiger charge is 2.26. The summed E-state index contributed by atoms with van der Waals surface area (Å²) in [5.74, 6) is 0.370. The molecule has 1 aromatic rings. The topological polar surface area (TPSA) is 58.6 Å². The van der Waals surface area contributed by atoms with Crippen LogP contribution in [0.3, 0.4) is 0 Å². The fourth-order valence-corrected chi connectivity index (χ4v) is 4.34. The molecule has 130 valence electrons. The van der Waals surface area contributed by atoms with Gasteiger partial charge in [0.2, 0.25) is 10.0 Å². The number of morpholine rings is 1. The van der Waals surface area contributed by atoms with E-state index in [2.05, 4.69) is 23.5 Å². The molecule has 1 heterocycles. The minimum atomic E-state index is -3.49. The van der Waals surface area contributed by atoms with Gasteiger partial charge in [-0.15, -0.1) is 0 Å². The minimum absolute atomic E-state index is 0.179. The number of ether oxygens (including phenoxy) is 1. The number of hydrogen-bond donors (Lipinski definition) is 1. The summed E-state index contributed by atoms with van der Waals surface area (Å²) < 4.78 is 33.5. The molecule has 0 aliphatic carbocycles. The van der Waals surface area contributed by atoms with Crippen molar-refractivity contribution < 1.29 is 13.2 Å². The van der Waals surface area contributed by atoms with Crippen molar-refractivity contribution in [2.24, 2.45) is 5.92 Å². The van der Waals surface area contributed by atoms with Crippen LogP contribution in [0.2, 0.25) is 0 Å². The summed E-state index contributed by atoms with van der Waals surface area (Å²) in [7, 11) is -3.49. The molecule has 1 fully saturated rings. The summed E-state index contributed by atoms with van der Waals surface area (Å²) in [5.41, 5.74) is 1.72. The Bertz CT molecular complexity index is 623. The average molecular weight is 340 g/mol.